The molecule has 26 heavy (non-hydrogen) atoms. The predicted molar refractivity (Wildman–Crippen MR) is 99.8 cm³/mol. The molecule has 2 atom stereocenters. The highest BCUT2D eigenvalue weighted by molar-refractivity contribution is 5.21. The molecule has 1 fully saturated rings. The minimum atomic E-state index is -0.545. The molecule has 1 N–H and O–H groups in total. The van der Waals surface area contributed by atoms with Crippen LogP contribution in [-0.4, -0.2) is 48.5 Å². The van der Waals surface area contributed by atoms with Crippen molar-refractivity contribution in [3.05, 3.63) is 59.5 Å². The number of hydrogen-bond acceptors (Lipinski definition) is 5. The Bertz CT molecular complexity index is 620. The first-order chi connectivity index (χ1) is 12.7. The van der Waals surface area contributed by atoms with Crippen LogP contribution in [0.15, 0.2) is 47.1 Å². The van der Waals surface area contributed by atoms with E-state index in [4.69, 9.17) is 13.9 Å². The summed E-state index contributed by atoms with van der Waals surface area (Å²) in [5.74, 6) is 0.771. The molecular formula is C21H29NO4. The maximum Gasteiger partial charge on any atom is 0.129 e. The molecule has 142 valence electrons. The second-order valence-electron chi connectivity index (χ2n) is 7.06. The summed E-state index contributed by atoms with van der Waals surface area (Å²) in [6, 6.07) is 12.3. The van der Waals surface area contributed by atoms with E-state index in [2.05, 4.69) is 36.1 Å². The van der Waals surface area contributed by atoms with Gasteiger partial charge in [-0.05, 0) is 37.5 Å². The molecule has 0 amide bonds. The summed E-state index contributed by atoms with van der Waals surface area (Å²) in [5, 5.41) is 10.4. The number of aryl methyl sites for hydroxylation is 1. The number of aliphatic hydroxyl groups is 1. The lowest BCUT2D eigenvalue weighted by molar-refractivity contribution is -0.00635. The van der Waals surface area contributed by atoms with E-state index in [9.17, 15) is 5.11 Å². The largest absolute Gasteiger partial charge is 0.467 e. The molecule has 2 aromatic rings. The predicted octanol–water partition coefficient (Wildman–Crippen LogP) is 3.15. The lowest BCUT2D eigenvalue weighted by atomic mass is 10.1. The van der Waals surface area contributed by atoms with E-state index in [1.54, 1.807) is 6.26 Å². The van der Waals surface area contributed by atoms with Gasteiger partial charge in [0.1, 0.15) is 12.4 Å². The first-order valence-corrected chi connectivity index (χ1v) is 9.37. The number of furan rings is 1. The van der Waals surface area contributed by atoms with Crippen molar-refractivity contribution in [2.45, 2.75) is 45.1 Å². The summed E-state index contributed by atoms with van der Waals surface area (Å²) >= 11 is 0. The summed E-state index contributed by atoms with van der Waals surface area (Å²) in [4.78, 5) is 2.27. The molecule has 1 aliphatic rings. The van der Waals surface area contributed by atoms with Gasteiger partial charge in [0.25, 0.3) is 0 Å². The van der Waals surface area contributed by atoms with Crippen molar-refractivity contribution >= 4 is 0 Å². The van der Waals surface area contributed by atoms with E-state index in [0.29, 0.717) is 13.2 Å². The number of rotatable bonds is 10. The van der Waals surface area contributed by atoms with E-state index in [1.165, 1.54) is 11.1 Å². The van der Waals surface area contributed by atoms with E-state index < -0.39 is 6.10 Å². The van der Waals surface area contributed by atoms with Crippen LogP contribution in [0.5, 0.6) is 0 Å². The minimum Gasteiger partial charge on any atom is -0.467 e. The van der Waals surface area contributed by atoms with Crippen LogP contribution in [0.2, 0.25) is 0 Å². The van der Waals surface area contributed by atoms with Gasteiger partial charge in [0, 0.05) is 26.2 Å². The summed E-state index contributed by atoms with van der Waals surface area (Å²) in [5.41, 5.74) is 2.50. The molecule has 1 aromatic carbocycles. The molecule has 1 aromatic heterocycles. The van der Waals surface area contributed by atoms with Gasteiger partial charge >= 0.3 is 0 Å². The highest BCUT2D eigenvalue weighted by Crippen LogP contribution is 2.16. The van der Waals surface area contributed by atoms with Gasteiger partial charge in [0.15, 0.2) is 0 Å². The number of nitrogens with zero attached hydrogens (tertiary/aromatic N) is 1. The van der Waals surface area contributed by atoms with Crippen LogP contribution in [0.25, 0.3) is 0 Å². The Kier molecular flexibility index (Phi) is 7.26. The topological polar surface area (TPSA) is 55.1 Å². The van der Waals surface area contributed by atoms with Crippen LogP contribution in [0, 0.1) is 6.92 Å². The second kappa shape index (κ2) is 9.88. The van der Waals surface area contributed by atoms with Crippen molar-refractivity contribution < 1.29 is 19.0 Å². The Morgan fingerprint density at radius 1 is 1.27 bits per heavy atom. The molecule has 3 rings (SSSR count). The zero-order valence-electron chi connectivity index (χ0n) is 15.5. The van der Waals surface area contributed by atoms with Gasteiger partial charge in [-0.15, -0.1) is 0 Å². The fraction of sp³-hybridized carbons (Fsp3) is 0.524. The van der Waals surface area contributed by atoms with Gasteiger partial charge in [-0.1, -0.05) is 29.8 Å². The fourth-order valence-corrected chi connectivity index (χ4v) is 3.27. The van der Waals surface area contributed by atoms with E-state index in [0.717, 1.165) is 38.3 Å². The Morgan fingerprint density at radius 2 is 2.12 bits per heavy atom. The zero-order valence-corrected chi connectivity index (χ0v) is 15.5. The highest BCUT2D eigenvalue weighted by Gasteiger charge is 2.21. The number of benzene rings is 1. The van der Waals surface area contributed by atoms with Crippen LogP contribution < -0.4 is 0 Å². The molecule has 2 heterocycles. The lowest BCUT2D eigenvalue weighted by Crippen LogP contribution is -2.39. The Hall–Kier alpha value is -1.66. The lowest BCUT2D eigenvalue weighted by Gasteiger charge is -2.27. The van der Waals surface area contributed by atoms with Gasteiger partial charge in [0.05, 0.1) is 25.1 Å². The standard InChI is InChI=1S/C21H29NO4/c1-17-6-8-18(9-7-17)12-22(14-20-4-2-10-25-20)13-19(23)15-24-16-21-5-3-11-26-21/h3,5-9,11,19-20,23H,2,4,10,12-16H2,1H3. The highest BCUT2D eigenvalue weighted by atomic mass is 16.5. The Labute approximate surface area is 155 Å². The molecule has 0 spiro atoms. The van der Waals surface area contributed by atoms with Crippen LogP contribution in [0.3, 0.4) is 0 Å². The van der Waals surface area contributed by atoms with Crippen molar-refractivity contribution in [1.82, 2.24) is 4.90 Å². The monoisotopic (exact) mass is 359 g/mol. The van der Waals surface area contributed by atoms with Crippen molar-refractivity contribution in [2.24, 2.45) is 0 Å². The summed E-state index contributed by atoms with van der Waals surface area (Å²) in [6.07, 6.45) is 3.56. The third kappa shape index (κ3) is 6.25. The van der Waals surface area contributed by atoms with Gasteiger partial charge in [-0.3, -0.25) is 4.90 Å². The van der Waals surface area contributed by atoms with Gasteiger partial charge in [-0.2, -0.15) is 0 Å². The molecule has 5 heteroatoms. The quantitative estimate of drug-likeness (QED) is 0.706. The van der Waals surface area contributed by atoms with E-state index >= 15 is 0 Å². The van der Waals surface area contributed by atoms with Crippen molar-refractivity contribution in [3.63, 3.8) is 0 Å². The van der Waals surface area contributed by atoms with Crippen molar-refractivity contribution in [1.29, 1.82) is 0 Å². The maximum atomic E-state index is 10.4. The molecule has 1 saturated heterocycles. The average molecular weight is 359 g/mol. The molecule has 0 saturated carbocycles. The molecular weight excluding hydrogens is 330 g/mol. The van der Waals surface area contributed by atoms with Gasteiger partial charge in [0.2, 0.25) is 0 Å². The van der Waals surface area contributed by atoms with Crippen LogP contribution in [0.1, 0.15) is 29.7 Å². The summed E-state index contributed by atoms with van der Waals surface area (Å²) in [7, 11) is 0. The van der Waals surface area contributed by atoms with E-state index in [1.807, 2.05) is 12.1 Å². The molecule has 0 radical (unpaired) electrons. The molecule has 5 nitrogen and oxygen atoms in total. The number of hydrogen-bond donors (Lipinski definition) is 1. The van der Waals surface area contributed by atoms with Crippen LogP contribution >= 0.6 is 0 Å². The zero-order chi connectivity index (χ0) is 18.2. The van der Waals surface area contributed by atoms with Gasteiger partial charge < -0.3 is 19.0 Å². The Balaban J connectivity index is 1.50. The average Bonchev–Trinajstić information content (AvgIpc) is 3.31. The van der Waals surface area contributed by atoms with Gasteiger partial charge in [-0.25, -0.2) is 0 Å². The molecule has 2 unspecified atom stereocenters. The van der Waals surface area contributed by atoms with Crippen LogP contribution in [0.4, 0.5) is 0 Å². The molecule has 0 bridgehead atoms. The normalized spacial score (nSPS) is 18.5. The van der Waals surface area contributed by atoms with E-state index in [-0.39, 0.29) is 12.7 Å². The second-order valence-corrected chi connectivity index (χ2v) is 7.06. The smallest absolute Gasteiger partial charge is 0.129 e. The third-order valence-corrected chi connectivity index (χ3v) is 4.62. The molecule has 0 aliphatic carbocycles. The maximum absolute atomic E-state index is 10.4. The van der Waals surface area contributed by atoms with Crippen molar-refractivity contribution in [3.8, 4) is 0 Å². The summed E-state index contributed by atoms with van der Waals surface area (Å²) in [6.45, 7) is 5.81. The first-order valence-electron chi connectivity index (χ1n) is 9.37. The minimum absolute atomic E-state index is 0.261. The number of ether oxygens (including phenoxy) is 2. The number of aliphatic hydroxyl groups excluding tert-OH is 1. The summed E-state index contributed by atoms with van der Waals surface area (Å²) < 4.78 is 16.6. The van der Waals surface area contributed by atoms with Crippen LogP contribution in [-0.2, 0) is 22.6 Å². The fourth-order valence-electron chi connectivity index (χ4n) is 3.27. The van der Waals surface area contributed by atoms with Crippen molar-refractivity contribution in [2.75, 3.05) is 26.3 Å². The first kappa shape index (κ1) is 19.1. The third-order valence-electron chi connectivity index (χ3n) is 4.62. The molecule has 1 aliphatic heterocycles. The SMILES string of the molecule is Cc1ccc(CN(CC(O)COCc2ccco2)CC2CCCO2)cc1. The Morgan fingerprint density at radius 3 is 2.81 bits per heavy atom.